The monoisotopic (exact) mass is 225 g/mol. The molecule has 0 bridgehead atoms. The van der Waals surface area contributed by atoms with Crippen LogP contribution in [0.15, 0.2) is 0 Å². The fourth-order valence-electron chi connectivity index (χ4n) is 2.75. The van der Waals surface area contributed by atoms with Gasteiger partial charge < -0.3 is 15.5 Å². The van der Waals surface area contributed by atoms with Gasteiger partial charge in [-0.05, 0) is 33.2 Å². The van der Waals surface area contributed by atoms with Gasteiger partial charge in [0, 0.05) is 37.6 Å². The van der Waals surface area contributed by atoms with Gasteiger partial charge in [0.1, 0.15) is 0 Å². The lowest BCUT2D eigenvalue weighted by molar-refractivity contribution is -0.138. The number of hydrogen-bond acceptors (Lipinski definition) is 3. The van der Waals surface area contributed by atoms with E-state index >= 15 is 0 Å². The molecule has 1 saturated carbocycles. The zero-order chi connectivity index (χ0) is 11.7. The summed E-state index contributed by atoms with van der Waals surface area (Å²) in [5, 5.41) is 0. The molecule has 1 saturated heterocycles. The van der Waals surface area contributed by atoms with Crippen molar-refractivity contribution in [2.75, 3.05) is 26.7 Å². The molecule has 1 heterocycles. The number of piperazine rings is 1. The first-order valence-electron chi connectivity index (χ1n) is 6.32. The highest BCUT2D eigenvalue weighted by Gasteiger charge is 2.33. The predicted molar refractivity (Wildman–Crippen MR) is 64.0 cm³/mol. The second-order valence-electron chi connectivity index (χ2n) is 5.38. The van der Waals surface area contributed by atoms with Crippen LogP contribution in [0.1, 0.15) is 26.2 Å². The standard InChI is InChI=1S/C12H23N3O/c1-9-8-15(6-5-14(9)2)12(16)10-3-4-11(13)7-10/h9-11H,3-8,13H2,1-2H3. The van der Waals surface area contributed by atoms with Crippen molar-refractivity contribution in [1.29, 1.82) is 0 Å². The molecule has 0 aromatic heterocycles. The number of likely N-dealkylation sites (N-methyl/N-ethyl adjacent to an activating group) is 1. The first-order valence-corrected chi connectivity index (χ1v) is 6.32. The van der Waals surface area contributed by atoms with E-state index in [-0.39, 0.29) is 12.0 Å². The summed E-state index contributed by atoms with van der Waals surface area (Å²) in [6.07, 6.45) is 2.89. The van der Waals surface area contributed by atoms with Crippen molar-refractivity contribution >= 4 is 5.91 Å². The molecule has 2 N–H and O–H groups in total. The highest BCUT2D eigenvalue weighted by molar-refractivity contribution is 5.79. The Morgan fingerprint density at radius 2 is 2.06 bits per heavy atom. The minimum atomic E-state index is 0.200. The molecular formula is C12H23N3O. The Morgan fingerprint density at radius 1 is 1.31 bits per heavy atom. The fourth-order valence-corrected chi connectivity index (χ4v) is 2.75. The van der Waals surface area contributed by atoms with Crippen molar-refractivity contribution in [2.24, 2.45) is 11.7 Å². The molecule has 3 unspecified atom stereocenters. The van der Waals surface area contributed by atoms with Gasteiger partial charge in [0.2, 0.25) is 5.91 Å². The van der Waals surface area contributed by atoms with Crippen molar-refractivity contribution < 1.29 is 4.79 Å². The van der Waals surface area contributed by atoms with E-state index in [1.807, 2.05) is 4.90 Å². The minimum absolute atomic E-state index is 0.200. The number of amides is 1. The van der Waals surface area contributed by atoms with E-state index < -0.39 is 0 Å². The number of nitrogens with zero attached hydrogens (tertiary/aromatic N) is 2. The van der Waals surface area contributed by atoms with E-state index in [9.17, 15) is 4.79 Å². The highest BCUT2D eigenvalue weighted by Crippen LogP contribution is 2.26. The Bertz CT molecular complexity index is 269. The molecule has 2 fully saturated rings. The normalized spacial score (nSPS) is 36.7. The fraction of sp³-hybridized carbons (Fsp3) is 0.917. The van der Waals surface area contributed by atoms with Crippen molar-refractivity contribution in [3.63, 3.8) is 0 Å². The molecule has 0 aromatic rings. The molecule has 4 heteroatoms. The summed E-state index contributed by atoms with van der Waals surface area (Å²) in [6, 6.07) is 0.728. The highest BCUT2D eigenvalue weighted by atomic mass is 16.2. The third kappa shape index (κ3) is 2.38. The predicted octanol–water partition coefficient (Wildman–Crippen LogP) is 0.276. The zero-order valence-electron chi connectivity index (χ0n) is 10.4. The molecule has 92 valence electrons. The maximum absolute atomic E-state index is 12.3. The lowest BCUT2D eigenvalue weighted by Gasteiger charge is -2.38. The molecule has 0 spiro atoms. The van der Waals surface area contributed by atoms with Crippen LogP contribution in [0, 0.1) is 5.92 Å². The summed E-state index contributed by atoms with van der Waals surface area (Å²) in [7, 11) is 2.12. The Labute approximate surface area is 97.8 Å². The first kappa shape index (κ1) is 11.9. The molecule has 16 heavy (non-hydrogen) atoms. The number of carbonyl (C=O) groups is 1. The first-order chi connectivity index (χ1) is 7.58. The Morgan fingerprint density at radius 3 is 2.62 bits per heavy atom. The second kappa shape index (κ2) is 4.72. The van der Waals surface area contributed by atoms with Crippen LogP contribution < -0.4 is 5.73 Å². The number of hydrogen-bond donors (Lipinski definition) is 1. The maximum Gasteiger partial charge on any atom is 0.225 e. The largest absolute Gasteiger partial charge is 0.340 e. The van der Waals surface area contributed by atoms with Gasteiger partial charge in [-0.25, -0.2) is 0 Å². The Balaban J connectivity index is 1.90. The molecule has 2 aliphatic rings. The van der Waals surface area contributed by atoms with Gasteiger partial charge in [-0.15, -0.1) is 0 Å². The molecule has 3 atom stereocenters. The SMILES string of the molecule is CC1CN(C(=O)C2CCC(N)C2)CCN1C. The average molecular weight is 225 g/mol. The van der Waals surface area contributed by atoms with E-state index in [0.717, 1.165) is 38.9 Å². The minimum Gasteiger partial charge on any atom is -0.340 e. The zero-order valence-corrected chi connectivity index (χ0v) is 10.4. The van der Waals surface area contributed by atoms with Gasteiger partial charge >= 0.3 is 0 Å². The molecule has 0 radical (unpaired) electrons. The van der Waals surface area contributed by atoms with Crippen molar-refractivity contribution in [1.82, 2.24) is 9.80 Å². The van der Waals surface area contributed by atoms with Gasteiger partial charge in [0.25, 0.3) is 0 Å². The van der Waals surface area contributed by atoms with Crippen LogP contribution in [0.3, 0.4) is 0 Å². The van der Waals surface area contributed by atoms with Crippen LogP contribution >= 0.6 is 0 Å². The van der Waals surface area contributed by atoms with Crippen LogP contribution in [0.25, 0.3) is 0 Å². The Hall–Kier alpha value is -0.610. The summed E-state index contributed by atoms with van der Waals surface area (Å²) in [5.74, 6) is 0.540. The van der Waals surface area contributed by atoms with Gasteiger partial charge in [0.15, 0.2) is 0 Å². The molecule has 1 aliphatic carbocycles. The molecular weight excluding hydrogens is 202 g/mol. The van der Waals surface area contributed by atoms with Gasteiger partial charge in [-0.3, -0.25) is 4.79 Å². The summed E-state index contributed by atoms with van der Waals surface area (Å²) in [6.45, 7) is 4.93. The van der Waals surface area contributed by atoms with Crippen LogP contribution in [0.2, 0.25) is 0 Å². The molecule has 1 aliphatic heterocycles. The summed E-state index contributed by atoms with van der Waals surface area (Å²) in [5.41, 5.74) is 5.86. The topological polar surface area (TPSA) is 49.6 Å². The number of nitrogens with two attached hydrogens (primary N) is 1. The van der Waals surface area contributed by atoms with E-state index in [1.54, 1.807) is 0 Å². The van der Waals surface area contributed by atoms with E-state index in [1.165, 1.54) is 0 Å². The lowest BCUT2D eigenvalue weighted by atomic mass is 10.0. The van der Waals surface area contributed by atoms with Crippen LogP contribution in [-0.2, 0) is 4.79 Å². The summed E-state index contributed by atoms with van der Waals surface area (Å²) in [4.78, 5) is 16.6. The van der Waals surface area contributed by atoms with Crippen molar-refractivity contribution in [2.45, 2.75) is 38.3 Å². The van der Waals surface area contributed by atoms with Gasteiger partial charge in [-0.1, -0.05) is 0 Å². The quantitative estimate of drug-likeness (QED) is 0.697. The second-order valence-corrected chi connectivity index (χ2v) is 5.38. The van der Waals surface area contributed by atoms with E-state index in [2.05, 4.69) is 18.9 Å². The van der Waals surface area contributed by atoms with Crippen LogP contribution in [0.5, 0.6) is 0 Å². The van der Waals surface area contributed by atoms with Gasteiger partial charge in [0.05, 0.1) is 0 Å². The van der Waals surface area contributed by atoms with E-state index in [4.69, 9.17) is 5.73 Å². The average Bonchev–Trinajstić information content (AvgIpc) is 2.68. The third-order valence-corrected chi connectivity index (χ3v) is 4.09. The molecule has 1 amide bonds. The van der Waals surface area contributed by atoms with Crippen LogP contribution in [-0.4, -0.2) is 54.5 Å². The molecule has 0 aromatic carbocycles. The third-order valence-electron chi connectivity index (χ3n) is 4.09. The summed E-state index contributed by atoms with van der Waals surface area (Å²) >= 11 is 0. The molecule has 4 nitrogen and oxygen atoms in total. The number of carbonyl (C=O) groups excluding carboxylic acids is 1. The summed E-state index contributed by atoms with van der Waals surface area (Å²) < 4.78 is 0. The number of rotatable bonds is 1. The lowest BCUT2D eigenvalue weighted by Crippen LogP contribution is -2.53. The van der Waals surface area contributed by atoms with Crippen molar-refractivity contribution in [3.05, 3.63) is 0 Å². The molecule has 2 rings (SSSR count). The van der Waals surface area contributed by atoms with Gasteiger partial charge in [-0.2, -0.15) is 0 Å². The van der Waals surface area contributed by atoms with Crippen molar-refractivity contribution in [3.8, 4) is 0 Å². The smallest absolute Gasteiger partial charge is 0.225 e. The van der Waals surface area contributed by atoms with Crippen LogP contribution in [0.4, 0.5) is 0 Å². The Kier molecular flexibility index (Phi) is 3.50. The maximum atomic E-state index is 12.3. The van der Waals surface area contributed by atoms with E-state index in [0.29, 0.717) is 11.9 Å².